The van der Waals surface area contributed by atoms with E-state index in [4.69, 9.17) is 14.2 Å². The Morgan fingerprint density at radius 1 is 1.10 bits per heavy atom. The van der Waals surface area contributed by atoms with E-state index in [9.17, 15) is 10.2 Å². The van der Waals surface area contributed by atoms with Crippen molar-refractivity contribution in [2.75, 3.05) is 41.0 Å². The van der Waals surface area contributed by atoms with Gasteiger partial charge in [0.25, 0.3) is 0 Å². The van der Waals surface area contributed by atoms with Crippen molar-refractivity contribution < 1.29 is 24.4 Å². The lowest BCUT2D eigenvalue weighted by molar-refractivity contribution is -0.276. The second-order valence-corrected chi connectivity index (χ2v) is 11.5. The van der Waals surface area contributed by atoms with Gasteiger partial charge in [-0.2, -0.15) is 0 Å². The van der Waals surface area contributed by atoms with Crippen LogP contribution < -0.4 is 0 Å². The van der Waals surface area contributed by atoms with E-state index in [-0.39, 0.29) is 46.7 Å². The van der Waals surface area contributed by atoms with Gasteiger partial charge in [-0.05, 0) is 44.1 Å². The molecule has 7 bridgehead atoms. The maximum atomic E-state index is 12.4. The summed E-state index contributed by atoms with van der Waals surface area (Å²) in [5, 5.41) is 23.8. The van der Waals surface area contributed by atoms with Gasteiger partial charge in [-0.3, -0.25) is 4.90 Å². The fraction of sp³-hybridized carbons (Fsp3) is 1.00. The van der Waals surface area contributed by atoms with E-state index in [1.807, 2.05) is 14.2 Å². The van der Waals surface area contributed by atoms with Gasteiger partial charge in [0.1, 0.15) is 0 Å². The van der Waals surface area contributed by atoms with Gasteiger partial charge >= 0.3 is 0 Å². The highest BCUT2D eigenvalue weighted by Gasteiger charge is 2.83. The lowest BCUT2D eigenvalue weighted by Gasteiger charge is -2.69. The fourth-order valence-electron chi connectivity index (χ4n) is 10.7. The third kappa shape index (κ3) is 2.00. The Morgan fingerprint density at radius 2 is 1.90 bits per heavy atom. The Morgan fingerprint density at radius 3 is 2.57 bits per heavy atom. The van der Waals surface area contributed by atoms with Gasteiger partial charge in [0.2, 0.25) is 0 Å². The van der Waals surface area contributed by atoms with Crippen LogP contribution in [0.1, 0.15) is 39.0 Å². The molecule has 170 valence electrons. The van der Waals surface area contributed by atoms with Gasteiger partial charge in [0, 0.05) is 68.9 Å². The molecule has 5 aliphatic carbocycles. The average Bonchev–Trinajstić information content (AvgIpc) is 3.15. The number of likely N-dealkylation sites (tertiary alicyclic amines) is 1. The molecule has 1 heterocycles. The van der Waals surface area contributed by atoms with Crippen LogP contribution in [0.3, 0.4) is 0 Å². The first-order chi connectivity index (χ1) is 14.4. The molecule has 0 aromatic rings. The zero-order chi connectivity index (χ0) is 21.1. The molecule has 1 spiro atoms. The average molecular weight is 422 g/mol. The van der Waals surface area contributed by atoms with E-state index in [2.05, 4.69) is 11.8 Å². The lowest BCUT2D eigenvalue weighted by atomic mass is 9.43. The molecule has 12 atom stereocenters. The van der Waals surface area contributed by atoms with E-state index in [1.54, 1.807) is 7.11 Å². The summed E-state index contributed by atoms with van der Waals surface area (Å²) in [6.45, 7) is 5.11. The largest absolute Gasteiger partial charge is 0.392 e. The number of rotatable bonds is 5. The Labute approximate surface area is 180 Å². The molecule has 0 aromatic carbocycles. The van der Waals surface area contributed by atoms with Crippen LogP contribution >= 0.6 is 0 Å². The molecule has 0 aromatic heterocycles. The predicted octanol–water partition coefficient (Wildman–Crippen LogP) is 1.53. The molecule has 6 heteroatoms. The smallest absolute Gasteiger partial charge is 0.0771 e. The summed E-state index contributed by atoms with van der Waals surface area (Å²) in [5.74, 6) is 1.03. The quantitative estimate of drug-likeness (QED) is 0.702. The molecule has 5 saturated carbocycles. The second-order valence-electron chi connectivity index (χ2n) is 11.5. The zero-order valence-corrected chi connectivity index (χ0v) is 18.9. The van der Waals surface area contributed by atoms with Crippen LogP contribution in [0.4, 0.5) is 0 Å². The number of ether oxygens (including phenoxy) is 3. The summed E-state index contributed by atoms with van der Waals surface area (Å²) in [6, 6.07) is 0.329. The van der Waals surface area contributed by atoms with E-state index >= 15 is 0 Å². The maximum absolute atomic E-state index is 12.4. The highest BCUT2D eigenvalue weighted by atomic mass is 16.5. The molecular weight excluding hydrogens is 382 g/mol. The molecule has 0 radical (unpaired) electrons. The summed E-state index contributed by atoms with van der Waals surface area (Å²) in [7, 11) is 5.48. The third-order valence-corrected chi connectivity index (χ3v) is 11.2. The monoisotopic (exact) mass is 421 g/mol. The van der Waals surface area contributed by atoms with Crippen molar-refractivity contribution in [2.45, 2.75) is 69.0 Å². The van der Waals surface area contributed by atoms with E-state index in [0.717, 1.165) is 45.4 Å². The van der Waals surface area contributed by atoms with Crippen LogP contribution in [-0.4, -0.2) is 86.1 Å². The van der Waals surface area contributed by atoms with Crippen LogP contribution in [0.5, 0.6) is 0 Å². The fourth-order valence-corrected chi connectivity index (χ4v) is 10.7. The van der Waals surface area contributed by atoms with Crippen molar-refractivity contribution in [1.29, 1.82) is 0 Å². The van der Waals surface area contributed by atoms with Gasteiger partial charge in [-0.15, -0.1) is 0 Å². The predicted molar refractivity (Wildman–Crippen MR) is 111 cm³/mol. The topological polar surface area (TPSA) is 71.4 Å². The number of piperidine rings is 1. The first-order valence-electron chi connectivity index (χ1n) is 12.1. The Hall–Kier alpha value is -0.240. The van der Waals surface area contributed by atoms with Gasteiger partial charge < -0.3 is 24.4 Å². The summed E-state index contributed by atoms with van der Waals surface area (Å²) in [4.78, 5) is 2.67. The van der Waals surface area contributed by atoms with Crippen molar-refractivity contribution in [2.24, 2.45) is 40.4 Å². The number of hydrogen-bond acceptors (Lipinski definition) is 6. The summed E-state index contributed by atoms with van der Waals surface area (Å²) >= 11 is 0. The summed E-state index contributed by atoms with van der Waals surface area (Å²) in [5.41, 5.74) is -0.719. The van der Waals surface area contributed by atoms with Gasteiger partial charge in [0.05, 0.1) is 30.5 Å². The van der Waals surface area contributed by atoms with Crippen molar-refractivity contribution in [1.82, 2.24) is 4.90 Å². The molecule has 6 rings (SSSR count). The van der Waals surface area contributed by atoms with E-state index < -0.39 is 11.7 Å². The minimum Gasteiger partial charge on any atom is -0.392 e. The highest BCUT2D eigenvalue weighted by Crippen LogP contribution is 2.79. The molecule has 0 amide bonds. The normalized spacial score (nSPS) is 60.8. The number of aliphatic hydroxyl groups excluding tert-OH is 1. The molecule has 1 saturated heterocycles. The number of fused-ring (bicyclic) bond motifs is 2. The second kappa shape index (κ2) is 6.42. The third-order valence-electron chi connectivity index (χ3n) is 11.2. The maximum Gasteiger partial charge on any atom is 0.0771 e. The minimum atomic E-state index is -0.847. The molecule has 6 aliphatic rings. The van der Waals surface area contributed by atoms with Crippen molar-refractivity contribution in [3.05, 3.63) is 0 Å². The lowest BCUT2D eigenvalue weighted by Crippen LogP contribution is -2.76. The Balaban J connectivity index is 1.58. The molecular formula is C24H39NO5. The molecule has 2 N–H and O–H groups in total. The Kier molecular flexibility index (Phi) is 4.36. The van der Waals surface area contributed by atoms with Crippen molar-refractivity contribution >= 4 is 0 Å². The Bertz CT molecular complexity index is 720. The number of hydrogen-bond donors (Lipinski definition) is 2. The molecule has 7 unspecified atom stereocenters. The van der Waals surface area contributed by atoms with Gasteiger partial charge in [0.15, 0.2) is 0 Å². The standard InChI is InChI=1S/C24H39NO5/c1-5-25-11-22(12-28-2)7-6-18(30-4)24-14-8-13-16(29-3)10-23(27,19(14)20(13)26)15(21(24)25)9-17(22)24/h13-21,26-27H,5-12H2,1-4H3/t13?,14?,15?,16-,17?,18-,19?,20-,21?,22-,23-,24?/m0/s1. The SMILES string of the molecule is CCN1C[C@]2(COC)CC[C@H](OC)C34C5CC6[C@H](O)C5[C@](O)(C[C@@H]6OC)C(CC32)C14. The van der Waals surface area contributed by atoms with Gasteiger partial charge in [-0.25, -0.2) is 0 Å². The number of nitrogens with zero attached hydrogens (tertiary/aromatic N) is 1. The van der Waals surface area contributed by atoms with Crippen LogP contribution in [0.25, 0.3) is 0 Å². The van der Waals surface area contributed by atoms with Crippen LogP contribution in [-0.2, 0) is 14.2 Å². The first kappa shape index (κ1) is 20.4. The van der Waals surface area contributed by atoms with Crippen LogP contribution in [0, 0.1) is 40.4 Å². The number of aliphatic hydroxyl groups is 2. The minimum absolute atomic E-state index is 0.000283. The molecule has 6 nitrogen and oxygen atoms in total. The van der Waals surface area contributed by atoms with Crippen LogP contribution in [0.15, 0.2) is 0 Å². The van der Waals surface area contributed by atoms with Crippen molar-refractivity contribution in [3.63, 3.8) is 0 Å². The molecule has 6 fully saturated rings. The van der Waals surface area contributed by atoms with Crippen LogP contribution in [0.2, 0.25) is 0 Å². The van der Waals surface area contributed by atoms with E-state index in [0.29, 0.717) is 18.4 Å². The zero-order valence-electron chi connectivity index (χ0n) is 18.9. The summed E-state index contributed by atoms with van der Waals surface area (Å²) in [6.07, 6.45) is 4.52. The van der Waals surface area contributed by atoms with Gasteiger partial charge in [-0.1, -0.05) is 6.92 Å². The first-order valence-corrected chi connectivity index (χ1v) is 12.1. The highest BCUT2D eigenvalue weighted by molar-refractivity contribution is 5.33. The molecule has 30 heavy (non-hydrogen) atoms. The summed E-state index contributed by atoms with van der Waals surface area (Å²) < 4.78 is 18.0. The number of methoxy groups -OCH3 is 3. The molecule has 1 aliphatic heterocycles. The van der Waals surface area contributed by atoms with Crippen molar-refractivity contribution in [3.8, 4) is 0 Å². The van der Waals surface area contributed by atoms with E-state index in [1.165, 1.54) is 0 Å².